The van der Waals surface area contributed by atoms with Crippen LogP contribution in [-0.4, -0.2) is 18.6 Å². The quantitative estimate of drug-likeness (QED) is 0.858. The SMILES string of the molecule is CCN(Cc1cccc(C)n1)c1ccc(CNC)cc1Br. The number of anilines is 1. The molecule has 112 valence electrons. The molecule has 0 bridgehead atoms. The van der Waals surface area contributed by atoms with Crippen molar-refractivity contribution in [2.75, 3.05) is 18.5 Å². The summed E-state index contributed by atoms with van der Waals surface area (Å²) in [5.74, 6) is 0. The molecule has 0 saturated carbocycles. The lowest BCUT2D eigenvalue weighted by Gasteiger charge is -2.24. The first-order valence-corrected chi connectivity index (χ1v) is 8.04. The Bertz CT molecular complexity index is 598. The summed E-state index contributed by atoms with van der Waals surface area (Å²) in [6, 6.07) is 12.7. The van der Waals surface area contributed by atoms with Crippen molar-refractivity contribution in [3.05, 3.63) is 57.8 Å². The van der Waals surface area contributed by atoms with Crippen LogP contribution in [0.3, 0.4) is 0 Å². The molecule has 1 N–H and O–H groups in total. The zero-order valence-corrected chi connectivity index (χ0v) is 14.4. The molecule has 0 saturated heterocycles. The van der Waals surface area contributed by atoms with E-state index in [1.165, 1.54) is 11.3 Å². The highest BCUT2D eigenvalue weighted by molar-refractivity contribution is 9.10. The van der Waals surface area contributed by atoms with Crippen LogP contribution < -0.4 is 10.2 Å². The van der Waals surface area contributed by atoms with Crippen LogP contribution in [0.25, 0.3) is 0 Å². The third-order valence-corrected chi connectivity index (χ3v) is 4.05. The van der Waals surface area contributed by atoms with Crippen molar-refractivity contribution in [2.45, 2.75) is 26.9 Å². The molecule has 4 heteroatoms. The second-order valence-electron chi connectivity index (χ2n) is 5.10. The molecule has 0 aliphatic rings. The number of aromatic nitrogens is 1. The van der Waals surface area contributed by atoms with Crippen LogP contribution in [0.2, 0.25) is 0 Å². The highest BCUT2D eigenvalue weighted by atomic mass is 79.9. The van der Waals surface area contributed by atoms with Crippen molar-refractivity contribution in [2.24, 2.45) is 0 Å². The van der Waals surface area contributed by atoms with E-state index in [9.17, 15) is 0 Å². The van der Waals surface area contributed by atoms with E-state index >= 15 is 0 Å². The minimum absolute atomic E-state index is 0.822. The second-order valence-corrected chi connectivity index (χ2v) is 5.95. The minimum Gasteiger partial charge on any atom is -0.365 e. The van der Waals surface area contributed by atoms with Crippen LogP contribution in [-0.2, 0) is 13.1 Å². The fourth-order valence-corrected chi connectivity index (χ4v) is 3.05. The first-order valence-electron chi connectivity index (χ1n) is 7.24. The Balaban J connectivity index is 2.21. The molecule has 0 amide bonds. The molecule has 2 aromatic rings. The Kier molecular flexibility index (Phi) is 5.76. The van der Waals surface area contributed by atoms with Gasteiger partial charge >= 0.3 is 0 Å². The summed E-state index contributed by atoms with van der Waals surface area (Å²) >= 11 is 3.70. The van der Waals surface area contributed by atoms with Crippen molar-refractivity contribution in [1.82, 2.24) is 10.3 Å². The van der Waals surface area contributed by atoms with Crippen LogP contribution >= 0.6 is 15.9 Å². The van der Waals surface area contributed by atoms with Gasteiger partial charge in [-0.2, -0.15) is 0 Å². The van der Waals surface area contributed by atoms with Crippen molar-refractivity contribution in [3.8, 4) is 0 Å². The first kappa shape index (κ1) is 16.0. The van der Waals surface area contributed by atoms with Crippen LogP contribution in [0.1, 0.15) is 23.9 Å². The fourth-order valence-electron chi connectivity index (χ4n) is 2.37. The van der Waals surface area contributed by atoms with Gasteiger partial charge in [-0.05, 0) is 66.7 Å². The summed E-state index contributed by atoms with van der Waals surface area (Å²) in [5, 5.41) is 3.18. The van der Waals surface area contributed by atoms with E-state index in [0.29, 0.717) is 0 Å². The Hall–Kier alpha value is -1.39. The molecule has 1 heterocycles. The maximum absolute atomic E-state index is 4.60. The van der Waals surface area contributed by atoms with E-state index in [0.717, 1.165) is 35.5 Å². The monoisotopic (exact) mass is 347 g/mol. The average molecular weight is 348 g/mol. The highest BCUT2D eigenvalue weighted by Crippen LogP contribution is 2.28. The predicted octanol–water partition coefficient (Wildman–Crippen LogP) is 3.90. The highest BCUT2D eigenvalue weighted by Gasteiger charge is 2.10. The third-order valence-electron chi connectivity index (χ3n) is 3.41. The Morgan fingerprint density at radius 3 is 2.67 bits per heavy atom. The molecular weight excluding hydrogens is 326 g/mol. The molecule has 0 aliphatic carbocycles. The lowest BCUT2D eigenvalue weighted by Crippen LogP contribution is -2.23. The Labute approximate surface area is 135 Å². The Morgan fingerprint density at radius 2 is 2.05 bits per heavy atom. The van der Waals surface area contributed by atoms with Gasteiger partial charge in [0.1, 0.15) is 0 Å². The number of halogens is 1. The smallest absolute Gasteiger partial charge is 0.0602 e. The topological polar surface area (TPSA) is 28.2 Å². The molecule has 1 aromatic heterocycles. The maximum Gasteiger partial charge on any atom is 0.0602 e. The molecule has 21 heavy (non-hydrogen) atoms. The van der Waals surface area contributed by atoms with Crippen molar-refractivity contribution in [3.63, 3.8) is 0 Å². The number of nitrogens with zero attached hydrogens (tertiary/aromatic N) is 2. The second kappa shape index (κ2) is 7.57. The van der Waals surface area contributed by atoms with Gasteiger partial charge in [-0.1, -0.05) is 12.1 Å². The van der Waals surface area contributed by atoms with Crippen LogP contribution in [0.4, 0.5) is 5.69 Å². The van der Waals surface area contributed by atoms with E-state index < -0.39 is 0 Å². The zero-order chi connectivity index (χ0) is 15.2. The minimum atomic E-state index is 0.822. The lowest BCUT2D eigenvalue weighted by atomic mass is 10.2. The molecule has 0 atom stereocenters. The van der Waals surface area contributed by atoms with Gasteiger partial charge in [0.15, 0.2) is 0 Å². The summed E-state index contributed by atoms with van der Waals surface area (Å²) < 4.78 is 1.13. The lowest BCUT2D eigenvalue weighted by molar-refractivity contribution is 0.797. The van der Waals surface area contributed by atoms with E-state index in [4.69, 9.17) is 0 Å². The van der Waals surface area contributed by atoms with Gasteiger partial charge < -0.3 is 10.2 Å². The van der Waals surface area contributed by atoms with Crippen molar-refractivity contribution >= 4 is 21.6 Å². The molecule has 1 aromatic carbocycles. The standard InChI is InChI=1S/C17H22BrN3/c1-4-21(12-15-7-5-6-13(2)20-15)17-9-8-14(11-19-3)10-16(17)18/h5-10,19H,4,11-12H2,1-3H3. The molecule has 0 aliphatic heterocycles. The fraction of sp³-hybridized carbons (Fsp3) is 0.353. The van der Waals surface area contributed by atoms with E-state index in [2.05, 4.69) is 68.4 Å². The van der Waals surface area contributed by atoms with Crippen LogP contribution in [0, 0.1) is 6.92 Å². The van der Waals surface area contributed by atoms with Gasteiger partial charge in [-0.3, -0.25) is 4.98 Å². The molecule has 0 radical (unpaired) electrons. The number of rotatable bonds is 6. The number of nitrogens with one attached hydrogen (secondary N) is 1. The number of pyridine rings is 1. The first-order chi connectivity index (χ1) is 10.1. The van der Waals surface area contributed by atoms with Gasteiger partial charge in [0.25, 0.3) is 0 Å². The van der Waals surface area contributed by atoms with Crippen LogP contribution in [0.15, 0.2) is 40.9 Å². The Morgan fingerprint density at radius 1 is 1.24 bits per heavy atom. The summed E-state index contributed by atoms with van der Waals surface area (Å²) in [6.45, 7) is 6.85. The number of hydrogen-bond acceptors (Lipinski definition) is 3. The normalized spacial score (nSPS) is 10.7. The number of aryl methyl sites for hydroxylation is 1. The van der Waals surface area contributed by atoms with E-state index in [1.54, 1.807) is 0 Å². The zero-order valence-electron chi connectivity index (χ0n) is 12.9. The largest absolute Gasteiger partial charge is 0.365 e. The third kappa shape index (κ3) is 4.29. The molecule has 0 fully saturated rings. The van der Waals surface area contributed by atoms with Gasteiger partial charge in [-0.25, -0.2) is 0 Å². The average Bonchev–Trinajstić information content (AvgIpc) is 2.46. The van der Waals surface area contributed by atoms with E-state index in [1.807, 2.05) is 20.0 Å². The molecule has 2 rings (SSSR count). The van der Waals surface area contributed by atoms with Crippen LogP contribution in [0.5, 0.6) is 0 Å². The van der Waals surface area contributed by atoms with Crippen molar-refractivity contribution in [1.29, 1.82) is 0 Å². The number of benzene rings is 1. The van der Waals surface area contributed by atoms with Gasteiger partial charge in [0.05, 0.1) is 17.9 Å². The molecule has 0 spiro atoms. The van der Waals surface area contributed by atoms with Gasteiger partial charge in [0, 0.05) is 23.3 Å². The van der Waals surface area contributed by atoms with E-state index in [-0.39, 0.29) is 0 Å². The number of hydrogen-bond donors (Lipinski definition) is 1. The molecule has 3 nitrogen and oxygen atoms in total. The molecule has 0 unspecified atom stereocenters. The summed E-state index contributed by atoms with van der Waals surface area (Å²) in [7, 11) is 1.96. The van der Waals surface area contributed by atoms with Crippen molar-refractivity contribution < 1.29 is 0 Å². The summed E-state index contributed by atoms with van der Waals surface area (Å²) in [5.41, 5.74) is 4.65. The summed E-state index contributed by atoms with van der Waals surface area (Å²) in [4.78, 5) is 6.92. The summed E-state index contributed by atoms with van der Waals surface area (Å²) in [6.07, 6.45) is 0. The van der Waals surface area contributed by atoms with Gasteiger partial charge in [0.2, 0.25) is 0 Å². The molecular formula is C17H22BrN3. The maximum atomic E-state index is 4.60. The predicted molar refractivity (Wildman–Crippen MR) is 92.6 cm³/mol. The van der Waals surface area contributed by atoms with Gasteiger partial charge in [-0.15, -0.1) is 0 Å².